The Kier molecular flexibility index (Phi) is 6.52. The highest BCUT2D eigenvalue weighted by Gasteiger charge is 2.69. The Balaban J connectivity index is 1.23. The molecule has 2 aliphatic heterocycles. The van der Waals surface area contributed by atoms with Crippen LogP contribution < -0.4 is 5.32 Å². The molecule has 1 unspecified atom stereocenters. The highest BCUT2D eigenvalue weighted by molar-refractivity contribution is 7.90. The summed E-state index contributed by atoms with van der Waals surface area (Å²) in [7, 11) is -6.96. The molecular formula is C29H41N3O6S2. The quantitative estimate of drug-likeness (QED) is 0.487. The van der Waals surface area contributed by atoms with Gasteiger partial charge in [0.2, 0.25) is 10.0 Å². The first-order valence-electron chi connectivity index (χ1n) is 14.6. The standard InChI is InChI=1S/C29H41N3O6S2/c1-27(2)21-9-12-29(27,24(18-21)32-25(33)23(30-26(32)34)10-17-39(3,35)36)19-40(37,38)31-15-13-28(14-16-31)11-8-20-6-4-5-7-22(20)28/h4-7,21,23-24H,8-19H2,1-3H3,(H,30,34)/t21-,23?,24+,29-/m1/s1. The molecule has 4 atom stereocenters. The number of hydrogen-bond acceptors (Lipinski definition) is 6. The number of carbonyl (C=O) groups excluding carboxylic acids is 2. The molecule has 2 saturated heterocycles. The molecule has 220 valence electrons. The molecule has 1 aromatic rings. The van der Waals surface area contributed by atoms with Crippen molar-refractivity contribution in [2.45, 2.75) is 82.7 Å². The normalized spacial score (nSPS) is 33.1. The zero-order valence-electron chi connectivity index (χ0n) is 23.7. The third-order valence-corrected chi connectivity index (χ3v) is 14.5. The fourth-order valence-electron chi connectivity index (χ4n) is 9.00. The maximum Gasteiger partial charge on any atom is 0.325 e. The van der Waals surface area contributed by atoms with Gasteiger partial charge in [0.1, 0.15) is 15.9 Å². The van der Waals surface area contributed by atoms with Crippen LogP contribution in [0.5, 0.6) is 0 Å². The summed E-state index contributed by atoms with van der Waals surface area (Å²) < 4.78 is 53.3. The number of imide groups is 1. The number of urea groups is 1. The zero-order chi connectivity index (χ0) is 28.7. The number of hydrogen-bond donors (Lipinski definition) is 1. The summed E-state index contributed by atoms with van der Waals surface area (Å²) in [5.74, 6) is -0.499. The van der Waals surface area contributed by atoms with Crippen LogP contribution in [-0.2, 0) is 36.5 Å². The average Bonchev–Trinajstić information content (AvgIpc) is 3.52. The predicted molar refractivity (Wildman–Crippen MR) is 152 cm³/mol. The third kappa shape index (κ3) is 4.24. The Labute approximate surface area is 238 Å². The van der Waals surface area contributed by atoms with Gasteiger partial charge in [0, 0.05) is 30.8 Å². The molecule has 0 radical (unpaired) electrons. The van der Waals surface area contributed by atoms with Crippen molar-refractivity contribution in [2.24, 2.45) is 16.7 Å². The number of aryl methyl sites for hydroxylation is 1. The first kappa shape index (κ1) is 28.2. The lowest BCUT2D eigenvalue weighted by Gasteiger charge is -2.46. The lowest BCUT2D eigenvalue weighted by Crippen LogP contribution is -2.56. The summed E-state index contributed by atoms with van der Waals surface area (Å²) in [5.41, 5.74) is 1.70. The summed E-state index contributed by atoms with van der Waals surface area (Å²) in [4.78, 5) is 27.8. The largest absolute Gasteiger partial charge is 0.326 e. The highest BCUT2D eigenvalue weighted by Crippen LogP contribution is 2.67. The van der Waals surface area contributed by atoms with Crippen LogP contribution in [0.4, 0.5) is 4.79 Å². The molecule has 11 heteroatoms. The number of sulfone groups is 1. The Bertz CT molecular complexity index is 1450. The number of piperidine rings is 1. The van der Waals surface area contributed by atoms with Gasteiger partial charge < -0.3 is 5.32 Å². The van der Waals surface area contributed by atoms with Gasteiger partial charge in [-0.15, -0.1) is 0 Å². The number of amides is 3. The van der Waals surface area contributed by atoms with Gasteiger partial charge in [-0.05, 0) is 79.2 Å². The predicted octanol–water partition coefficient (Wildman–Crippen LogP) is 2.85. The second-order valence-electron chi connectivity index (χ2n) is 13.6. The van der Waals surface area contributed by atoms with Gasteiger partial charge in [0.05, 0.1) is 11.5 Å². The fraction of sp³-hybridized carbons (Fsp3) is 0.724. The SMILES string of the molecule is CC1(C)[C@@H]2CC[C@@]1(CS(=O)(=O)N1CCC3(CCc4ccccc43)CC1)[C@@H](N1C(=O)NC(CCS(C)(=O)=O)C1=O)C2. The van der Waals surface area contributed by atoms with Gasteiger partial charge >= 0.3 is 6.03 Å². The first-order valence-corrected chi connectivity index (χ1v) is 18.2. The maximum absolute atomic E-state index is 14.1. The van der Waals surface area contributed by atoms with E-state index in [0.717, 1.165) is 38.4 Å². The molecule has 2 saturated carbocycles. The maximum atomic E-state index is 14.1. The number of nitrogens with zero attached hydrogens (tertiary/aromatic N) is 2. The second-order valence-corrected chi connectivity index (χ2v) is 17.8. The second kappa shape index (κ2) is 9.26. The van der Waals surface area contributed by atoms with Crippen LogP contribution in [0.3, 0.4) is 0 Å². The molecule has 1 aromatic carbocycles. The lowest BCUT2D eigenvalue weighted by molar-refractivity contribution is -0.131. The Morgan fingerprint density at radius 1 is 1.00 bits per heavy atom. The lowest BCUT2D eigenvalue weighted by atomic mass is 9.68. The van der Waals surface area contributed by atoms with Crippen LogP contribution in [0, 0.1) is 16.7 Å². The van der Waals surface area contributed by atoms with Crippen LogP contribution in [-0.4, -0.2) is 80.9 Å². The van der Waals surface area contributed by atoms with Crippen LogP contribution >= 0.6 is 0 Å². The topological polar surface area (TPSA) is 121 Å². The average molecular weight is 592 g/mol. The molecule has 9 nitrogen and oxygen atoms in total. The van der Waals surface area contributed by atoms with Crippen molar-refractivity contribution in [1.82, 2.24) is 14.5 Å². The summed E-state index contributed by atoms with van der Waals surface area (Å²) in [6.07, 6.45) is 6.95. The molecule has 0 aromatic heterocycles. The van der Waals surface area contributed by atoms with Crippen molar-refractivity contribution < 1.29 is 26.4 Å². The van der Waals surface area contributed by atoms with Crippen molar-refractivity contribution in [3.63, 3.8) is 0 Å². The minimum atomic E-state index is -3.66. The number of nitrogens with one attached hydrogen (secondary N) is 1. The summed E-state index contributed by atoms with van der Waals surface area (Å²) in [6.45, 7) is 5.16. The van der Waals surface area contributed by atoms with E-state index < -0.39 is 49.3 Å². The van der Waals surface area contributed by atoms with E-state index in [1.54, 1.807) is 4.31 Å². The number of fused-ring (bicyclic) bond motifs is 4. The molecule has 3 aliphatic carbocycles. The van der Waals surface area contributed by atoms with E-state index >= 15 is 0 Å². The number of benzene rings is 1. The van der Waals surface area contributed by atoms with E-state index in [9.17, 15) is 26.4 Å². The molecule has 3 amide bonds. The molecule has 40 heavy (non-hydrogen) atoms. The minimum absolute atomic E-state index is 0.0173. The summed E-state index contributed by atoms with van der Waals surface area (Å²) in [6, 6.07) is 6.59. The van der Waals surface area contributed by atoms with Gasteiger partial charge in [-0.3, -0.25) is 9.69 Å². The molecule has 6 rings (SSSR count). The molecule has 2 bridgehead atoms. The highest BCUT2D eigenvalue weighted by atomic mass is 32.2. The van der Waals surface area contributed by atoms with Crippen LogP contribution in [0.1, 0.15) is 69.9 Å². The Morgan fingerprint density at radius 3 is 2.38 bits per heavy atom. The van der Waals surface area contributed by atoms with Gasteiger partial charge in [-0.1, -0.05) is 38.1 Å². The van der Waals surface area contributed by atoms with Crippen molar-refractivity contribution in [1.29, 1.82) is 0 Å². The number of rotatable bonds is 7. The van der Waals surface area contributed by atoms with Crippen LogP contribution in [0.2, 0.25) is 0 Å². The molecular weight excluding hydrogens is 550 g/mol. The molecule has 1 N–H and O–H groups in total. The molecule has 4 fully saturated rings. The van der Waals surface area contributed by atoms with Crippen molar-refractivity contribution in [3.8, 4) is 0 Å². The van der Waals surface area contributed by atoms with Crippen molar-refractivity contribution in [3.05, 3.63) is 35.4 Å². The Hall–Kier alpha value is -1.98. The van der Waals surface area contributed by atoms with Crippen LogP contribution in [0.25, 0.3) is 0 Å². The smallest absolute Gasteiger partial charge is 0.325 e. The third-order valence-electron chi connectivity index (χ3n) is 11.5. The summed E-state index contributed by atoms with van der Waals surface area (Å²) >= 11 is 0. The van der Waals surface area contributed by atoms with E-state index in [1.165, 1.54) is 16.0 Å². The van der Waals surface area contributed by atoms with E-state index in [0.29, 0.717) is 25.9 Å². The van der Waals surface area contributed by atoms with Gasteiger partial charge in [0.25, 0.3) is 5.91 Å². The molecule has 1 spiro atoms. The number of carbonyl (C=O) groups is 2. The first-order chi connectivity index (χ1) is 18.7. The van der Waals surface area contributed by atoms with Gasteiger partial charge in [0.15, 0.2) is 0 Å². The minimum Gasteiger partial charge on any atom is -0.326 e. The Morgan fingerprint density at radius 2 is 1.70 bits per heavy atom. The van der Waals surface area contributed by atoms with Crippen molar-refractivity contribution in [2.75, 3.05) is 30.9 Å². The van der Waals surface area contributed by atoms with Crippen LogP contribution in [0.15, 0.2) is 24.3 Å². The van der Waals surface area contributed by atoms with Gasteiger partial charge in [-0.25, -0.2) is 25.9 Å². The van der Waals surface area contributed by atoms with E-state index in [4.69, 9.17) is 0 Å². The van der Waals surface area contributed by atoms with Gasteiger partial charge in [-0.2, -0.15) is 0 Å². The molecule has 2 heterocycles. The van der Waals surface area contributed by atoms with Crippen molar-refractivity contribution >= 4 is 31.8 Å². The monoisotopic (exact) mass is 591 g/mol. The van der Waals surface area contributed by atoms with E-state index in [-0.39, 0.29) is 34.7 Å². The number of sulfonamides is 1. The molecule has 5 aliphatic rings. The zero-order valence-corrected chi connectivity index (χ0v) is 25.3. The summed E-state index contributed by atoms with van der Waals surface area (Å²) in [5, 5.41) is 2.68. The van der Waals surface area contributed by atoms with E-state index in [2.05, 4.69) is 43.4 Å². The fourth-order valence-corrected chi connectivity index (χ4v) is 11.9. The van der Waals surface area contributed by atoms with E-state index in [1.807, 2.05) is 0 Å².